The van der Waals surface area contributed by atoms with Crippen LogP contribution in [0.3, 0.4) is 0 Å². The smallest absolute Gasteiger partial charge is 0.0843 e. The molecule has 0 bridgehead atoms. The zero-order valence-corrected chi connectivity index (χ0v) is 19.5. The highest BCUT2D eigenvalue weighted by atomic mass is 16.3. The van der Waals surface area contributed by atoms with E-state index in [1.165, 1.54) is 21.5 Å². The molecular weight excluding hydrogens is 434 g/mol. The van der Waals surface area contributed by atoms with Gasteiger partial charge in [-0.3, -0.25) is 0 Å². The fourth-order valence-electron chi connectivity index (χ4n) is 5.37. The minimum Gasteiger partial charge on any atom is -0.390 e. The van der Waals surface area contributed by atoms with E-state index in [-0.39, 0.29) is 0 Å². The van der Waals surface area contributed by atoms with Crippen molar-refractivity contribution in [2.75, 3.05) is 13.1 Å². The quantitative estimate of drug-likeness (QED) is 0.300. The van der Waals surface area contributed by atoms with Gasteiger partial charge in [0.25, 0.3) is 0 Å². The third-order valence-corrected chi connectivity index (χ3v) is 6.91. The van der Waals surface area contributed by atoms with E-state index < -0.39 is 12.2 Å². The lowest BCUT2D eigenvalue weighted by molar-refractivity contribution is 0.128. The molecule has 0 radical (unpaired) electrons. The monoisotopic (exact) mass is 463 g/mol. The Morgan fingerprint density at radius 3 is 1.09 bits per heavy atom. The predicted molar refractivity (Wildman–Crippen MR) is 144 cm³/mol. The standard InChI is InChI=1S/C30H29N3O2/c34-21(19-32-27-13-5-1-9-23(27)24-10-2-6-14-28(24)32)17-31-18-22(35)20-33-29-15-7-3-11-25(29)26-12-4-8-16-30(26)33/h1-16,21-22,31,34-35H,17-20H2/t21-,22-/m1/s1. The van der Waals surface area contributed by atoms with Gasteiger partial charge in [-0.15, -0.1) is 0 Å². The first kappa shape index (κ1) is 21.9. The normalized spacial score (nSPS) is 13.8. The molecule has 0 saturated heterocycles. The molecular formula is C30H29N3O2. The molecule has 0 amide bonds. The Hall–Kier alpha value is -3.64. The molecule has 5 nitrogen and oxygen atoms in total. The van der Waals surface area contributed by atoms with E-state index in [1.54, 1.807) is 0 Å². The van der Waals surface area contributed by atoms with Gasteiger partial charge in [0, 0.05) is 56.7 Å². The molecule has 2 aromatic heterocycles. The summed E-state index contributed by atoms with van der Waals surface area (Å²) in [6.07, 6.45) is -1.15. The van der Waals surface area contributed by atoms with Gasteiger partial charge < -0.3 is 24.7 Å². The van der Waals surface area contributed by atoms with E-state index in [1.807, 2.05) is 24.3 Å². The van der Waals surface area contributed by atoms with E-state index in [9.17, 15) is 10.2 Å². The average molecular weight is 464 g/mol. The van der Waals surface area contributed by atoms with Gasteiger partial charge in [0.05, 0.1) is 25.3 Å². The topological polar surface area (TPSA) is 62.3 Å². The second-order valence-corrected chi connectivity index (χ2v) is 9.26. The summed E-state index contributed by atoms with van der Waals surface area (Å²) < 4.78 is 4.37. The highest BCUT2D eigenvalue weighted by molar-refractivity contribution is 6.08. The Labute approximate surface area is 203 Å². The number of fused-ring (bicyclic) bond motifs is 6. The summed E-state index contributed by atoms with van der Waals surface area (Å²) in [5.74, 6) is 0. The van der Waals surface area contributed by atoms with E-state index in [0.717, 1.165) is 22.1 Å². The molecule has 0 fully saturated rings. The summed E-state index contributed by atoms with van der Waals surface area (Å²) in [4.78, 5) is 0. The Morgan fingerprint density at radius 1 is 0.486 bits per heavy atom. The van der Waals surface area contributed by atoms with Gasteiger partial charge in [-0.05, 0) is 24.3 Å². The lowest BCUT2D eigenvalue weighted by Crippen LogP contribution is -2.36. The minimum atomic E-state index is -0.574. The van der Waals surface area contributed by atoms with Crippen molar-refractivity contribution in [3.8, 4) is 0 Å². The molecule has 6 rings (SSSR count). The molecule has 35 heavy (non-hydrogen) atoms. The molecule has 0 aliphatic carbocycles. The Morgan fingerprint density at radius 2 is 0.771 bits per heavy atom. The van der Waals surface area contributed by atoms with Crippen molar-refractivity contribution in [3.63, 3.8) is 0 Å². The first-order valence-corrected chi connectivity index (χ1v) is 12.2. The Balaban J connectivity index is 1.13. The molecule has 0 aliphatic rings. The molecule has 176 valence electrons. The SMILES string of the molecule is O[C@H](CNC[C@@H](O)Cn1c2ccccc2c2ccccc21)Cn1c2ccccc2c2ccccc21. The summed E-state index contributed by atoms with van der Waals surface area (Å²) in [5.41, 5.74) is 4.50. The maximum absolute atomic E-state index is 10.8. The van der Waals surface area contributed by atoms with Gasteiger partial charge in [0.2, 0.25) is 0 Å². The van der Waals surface area contributed by atoms with Crippen molar-refractivity contribution in [2.24, 2.45) is 0 Å². The van der Waals surface area contributed by atoms with E-state index in [0.29, 0.717) is 26.2 Å². The van der Waals surface area contributed by atoms with Crippen LogP contribution in [0.25, 0.3) is 43.6 Å². The fraction of sp³-hybridized carbons (Fsp3) is 0.200. The lowest BCUT2D eigenvalue weighted by atomic mass is 10.2. The van der Waals surface area contributed by atoms with Crippen molar-refractivity contribution in [2.45, 2.75) is 25.3 Å². The van der Waals surface area contributed by atoms with Crippen molar-refractivity contribution >= 4 is 43.6 Å². The van der Waals surface area contributed by atoms with Gasteiger partial charge in [0.15, 0.2) is 0 Å². The number of aliphatic hydroxyl groups is 2. The highest BCUT2D eigenvalue weighted by Gasteiger charge is 2.15. The third kappa shape index (κ3) is 3.98. The first-order valence-electron chi connectivity index (χ1n) is 12.2. The van der Waals surface area contributed by atoms with Gasteiger partial charge in [-0.25, -0.2) is 0 Å². The zero-order chi connectivity index (χ0) is 23.8. The van der Waals surface area contributed by atoms with Crippen molar-refractivity contribution < 1.29 is 10.2 Å². The van der Waals surface area contributed by atoms with Crippen LogP contribution in [0, 0.1) is 0 Å². The Bertz CT molecular complexity index is 1400. The van der Waals surface area contributed by atoms with Gasteiger partial charge >= 0.3 is 0 Å². The van der Waals surface area contributed by atoms with Crippen LogP contribution in [0.4, 0.5) is 0 Å². The molecule has 0 spiro atoms. The van der Waals surface area contributed by atoms with Crippen LogP contribution in [0.2, 0.25) is 0 Å². The number of benzene rings is 4. The van der Waals surface area contributed by atoms with Gasteiger partial charge in [-0.1, -0.05) is 72.8 Å². The maximum atomic E-state index is 10.8. The van der Waals surface area contributed by atoms with Crippen LogP contribution in [-0.4, -0.2) is 44.6 Å². The molecule has 4 aromatic carbocycles. The van der Waals surface area contributed by atoms with Gasteiger partial charge in [0.1, 0.15) is 0 Å². The molecule has 0 aliphatic heterocycles. The second-order valence-electron chi connectivity index (χ2n) is 9.26. The van der Waals surface area contributed by atoms with Crippen LogP contribution in [0.5, 0.6) is 0 Å². The largest absolute Gasteiger partial charge is 0.390 e. The van der Waals surface area contributed by atoms with E-state index in [2.05, 4.69) is 87.2 Å². The number of hydrogen-bond donors (Lipinski definition) is 3. The highest BCUT2D eigenvalue weighted by Crippen LogP contribution is 2.30. The molecule has 6 aromatic rings. The van der Waals surface area contributed by atoms with E-state index >= 15 is 0 Å². The summed E-state index contributed by atoms with van der Waals surface area (Å²) in [6.45, 7) is 1.80. The number of nitrogens with one attached hydrogen (secondary N) is 1. The minimum absolute atomic E-state index is 0.408. The summed E-state index contributed by atoms with van der Waals surface area (Å²) in [7, 11) is 0. The fourth-order valence-corrected chi connectivity index (χ4v) is 5.37. The van der Waals surface area contributed by atoms with Crippen molar-refractivity contribution in [1.82, 2.24) is 14.5 Å². The molecule has 2 heterocycles. The molecule has 0 unspecified atom stereocenters. The number of nitrogens with zero attached hydrogens (tertiary/aromatic N) is 2. The molecule has 3 N–H and O–H groups in total. The molecule has 5 heteroatoms. The Kier molecular flexibility index (Phi) is 5.74. The first-order chi connectivity index (χ1) is 17.2. The molecule has 0 saturated carbocycles. The lowest BCUT2D eigenvalue weighted by Gasteiger charge is -2.18. The van der Waals surface area contributed by atoms with Crippen molar-refractivity contribution in [3.05, 3.63) is 97.1 Å². The van der Waals surface area contributed by atoms with Crippen LogP contribution in [0.1, 0.15) is 0 Å². The summed E-state index contributed by atoms with van der Waals surface area (Å²) in [6, 6.07) is 33.3. The van der Waals surface area contributed by atoms with Crippen LogP contribution in [-0.2, 0) is 13.1 Å². The third-order valence-electron chi connectivity index (χ3n) is 6.91. The van der Waals surface area contributed by atoms with Crippen LogP contribution < -0.4 is 5.32 Å². The van der Waals surface area contributed by atoms with Crippen LogP contribution in [0.15, 0.2) is 97.1 Å². The number of aliphatic hydroxyl groups excluding tert-OH is 2. The average Bonchev–Trinajstić information content (AvgIpc) is 3.38. The van der Waals surface area contributed by atoms with Gasteiger partial charge in [-0.2, -0.15) is 0 Å². The number of rotatable bonds is 8. The predicted octanol–water partition coefficient (Wildman–Crippen LogP) is 4.91. The second kappa shape index (κ2) is 9.19. The van der Waals surface area contributed by atoms with Crippen LogP contribution >= 0.6 is 0 Å². The number of aromatic nitrogens is 2. The number of para-hydroxylation sites is 4. The summed E-state index contributed by atoms with van der Waals surface area (Å²) in [5, 5.41) is 29.7. The zero-order valence-electron chi connectivity index (χ0n) is 19.5. The summed E-state index contributed by atoms with van der Waals surface area (Å²) >= 11 is 0. The maximum Gasteiger partial charge on any atom is 0.0843 e. The van der Waals surface area contributed by atoms with E-state index in [4.69, 9.17) is 0 Å². The number of hydrogen-bond acceptors (Lipinski definition) is 3. The van der Waals surface area contributed by atoms with Crippen molar-refractivity contribution in [1.29, 1.82) is 0 Å². The molecule has 2 atom stereocenters.